The third-order valence-electron chi connectivity index (χ3n) is 3.51. The third-order valence-corrected chi connectivity index (χ3v) is 3.51. The Balaban J connectivity index is 2.16. The van der Waals surface area contributed by atoms with E-state index in [0.717, 1.165) is 16.3 Å². The van der Waals surface area contributed by atoms with Crippen LogP contribution >= 0.6 is 0 Å². The van der Waals surface area contributed by atoms with Crippen molar-refractivity contribution in [1.82, 2.24) is 0 Å². The van der Waals surface area contributed by atoms with E-state index in [1.54, 1.807) is 6.07 Å². The van der Waals surface area contributed by atoms with Gasteiger partial charge in [0.1, 0.15) is 5.56 Å². The monoisotopic (exact) mass is 293 g/mol. The summed E-state index contributed by atoms with van der Waals surface area (Å²) in [7, 11) is 0. The van der Waals surface area contributed by atoms with Crippen LogP contribution in [0.2, 0.25) is 0 Å². The van der Waals surface area contributed by atoms with Gasteiger partial charge in [0.2, 0.25) is 0 Å². The Morgan fingerprint density at radius 3 is 2.23 bits per heavy atom. The lowest BCUT2D eigenvalue weighted by Gasteiger charge is -2.05. The van der Waals surface area contributed by atoms with Gasteiger partial charge in [-0.15, -0.1) is 0 Å². The number of carbonyl (C=O) groups is 1. The van der Waals surface area contributed by atoms with Crippen molar-refractivity contribution in [2.24, 2.45) is 0 Å². The van der Waals surface area contributed by atoms with Crippen LogP contribution in [-0.2, 0) is 0 Å². The topological polar surface area (TPSA) is 80.4 Å². The predicted molar refractivity (Wildman–Crippen MR) is 83.0 cm³/mol. The summed E-state index contributed by atoms with van der Waals surface area (Å²) in [4.78, 5) is 21.4. The average Bonchev–Trinajstić information content (AvgIpc) is 2.53. The number of carboxylic acids is 1. The largest absolute Gasteiger partial charge is 0.477 e. The summed E-state index contributed by atoms with van der Waals surface area (Å²) >= 11 is 0. The van der Waals surface area contributed by atoms with Crippen molar-refractivity contribution >= 4 is 22.4 Å². The van der Waals surface area contributed by atoms with Gasteiger partial charge in [0.05, 0.1) is 4.92 Å². The predicted octanol–water partition coefficient (Wildman–Crippen LogP) is 4.11. The van der Waals surface area contributed by atoms with Gasteiger partial charge in [-0.1, -0.05) is 42.5 Å². The summed E-state index contributed by atoms with van der Waals surface area (Å²) in [5.41, 5.74) is 0.703. The summed E-state index contributed by atoms with van der Waals surface area (Å²) in [6.07, 6.45) is 0. The number of nitro benzene ring substituents is 1. The second kappa shape index (κ2) is 5.29. The highest BCUT2D eigenvalue weighted by atomic mass is 16.6. The minimum Gasteiger partial charge on any atom is -0.477 e. The van der Waals surface area contributed by atoms with Gasteiger partial charge in [0.25, 0.3) is 5.69 Å². The molecule has 0 aliphatic heterocycles. The van der Waals surface area contributed by atoms with Crippen molar-refractivity contribution in [2.45, 2.75) is 0 Å². The maximum absolute atomic E-state index is 11.1. The summed E-state index contributed by atoms with van der Waals surface area (Å²) in [6, 6.07) is 17.7. The molecular weight excluding hydrogens is 282 g/mol. The third kappa shape index (κ3) is 2.40. The number of nitro groups is 1. The van der Waals surface area contributed by atoms with Crippen molar-refractivity contribution in [2.75, 3.05) is 0 Å². The molecule has 0 saturated heterocycles. The Morgan fingerprint density at radius 2 is 1.55 bits per heavy atom. The fourth-order valence-electron chi connectivity index (χ4n) is 2.41. The highest BCUT2D eigenvalue weighted by molar-refractivity contribution is 5.94. The number of benzene rings is 3. The Morgan fingerprint density at radius 1 is 0.909 bits per heavy atom. The molecule has 0 bridgehead atoms. The quantitative estimate of drug-likeness (QED) is 0.582. The van der Waals surface area contributed by atoms with E-state index in [2.05, 4.69) is 0 Å². The fraction of sp³-hybridized carbons (Fsp3) is 0. The molecule has 0 aliphatic carbocycles. The van der Waals surface area contributed by atoms with E-state index in [1.807, 2.05) is 42.5 Å². The molecule has 0 unspecified atom stereocenters. The van der Waals surface area contributed by atoms with Crippen LogP contribution in [-0.4, -0.2) is 16.0 Å². The molecule has 0 aromatic heterocycles. The summed E-state index contributed by atoms with van der Waals surface area (Å²) in [6.45, 7) is 0. The second-order valence-corrected chi connectivity index (χ2v) is 4.86. The molecular formula is C17H11NO4. The van der Waals surface area contributed by atoms with Crippen molar-refractivity contribution < 1.29 is 14.8 Å². The van der Waals surface area contributed by atoms with Crippen molar-refractivity contribution in [3.8, 4) is 11.1 Å². The van der Waals surface area contributed by atoms with E-state index in [4.69, 9.17) is 5.11 Å². The van der Waals surface area contributed by atoms with Gasteiger partial charge >= 0.3 is 5.97 Å². The zero-order valence-electron chi connectivity index (χ0n) is 11.4. The second-order valence-electron chi connectivity index (χ2n) is 4.86. The number of fused-ring (bicyclic) bond motifs is 1. The SMILES string of the molecule is O=C(O)c1ccc(-c2ccc3ccccc3c2)cc1[N+](=O)[O-]. The van der Waals surface area contributed by atoms with Crippen LogP contribution in [0.1, 0.15) is 10.4 Å². The first-order chi connectivity index (χ1) is 10.6. The maximum atomic E-state index is 11.1. The lowest BCUT2D eigenvalue weighted by molar-refractivity contribution is -0.385. The van der Waals surface area contributed by atoms with E-state index in [1.165, 1.54) is 12.1 Å². The molecule has 0 radical (unpaired) electrons. The standard InChI is InChI=1S/C17H11NO4/c19-17(20)15-8-7-14(10-16(15)18(21)22)13-6-5-11-3-1-2-4-12(11)9-13/h1-10H,(H,19,20). The zero-order chi connectivity index (χ0) is 15.7. The van der Waals surface area contributed by atoms with Gasteiger partial charge in [-0.2, -0.15) is 0 Å². The Bertz CT molecular complexity index is 902. The van der Waals surface area contributed by atoms with E-state index >= 15 is 0 Å². The van der Waals surface area contributed by atoms with Crippen LogP contribution in [0.25, 0.3) is 21.9 Å². The summed E-state index contributed by atoms with van der Waals surface area (Å²) in [5, 5.41) is 22.2. The molecule has 3 aromatic carbocycles. The van der Waals surface area contributed by atoms with Crippen LogP contribution < -0.4 is 0 Å². The number of carboxylic acid groups (broad SMARTS) is 1. The van der Waals surface area contributed by atoms with Gasteiger partial charge < -0.3 is 5.11 Å². The molecule has 0 aliphatic rings. The number of aromatic carboxylic acids is 1. The van der Waals surface area contributed by atoms with Gasteiger partial charge in [0, 0.05) is 6.07 Å². The fourth-order valence-corrected chi connectivity index (χ4v) is 2.41. The average molecular weight is 293 g/mol. The molecule has 3 aromatic rings. The minimum atomic E-state index is -1.31. The first-order valence-electron chi connectivity index (χ1n) is 6.57. The van der Waals surface area contributed by atoms with E-state index < -0.39 is 16.6 Å². The van der Waals surface area contributed by atoms with Gasteiger partial charge in [-0.05, 0) is 34.0 Å². The highest BCUT2D eigenvalue weighted by Gasteiger charge is 2.20. The molecule has 3 rings (SSSR count). The number of nitrogens with zero attached hydrogens (tertiary/aromatic N) is 1. The van der Waals surface area contributed by atoms with Crippen LogP contribution in [0.5, 0.6) is 0 Å². The lowest BCUT2D eigenvalue weighted by atomic mass is 9.99. The van der Waals surface area contributed by atoms with Crippen molar-refractivity contribution in [3.63, 3.8) is 0 Å². The van der Waals surface area contributed by atoms with E-state index in [0.29, 0.717) is 5.56 Å². The van der Waals surface area contributed by atoms with Gasteiger partial charge in [-0.25, -0.2) is 4.79 Å². The highest BCUT2D eigenvalue weighted by Crippen LogP contribution is 2.29. The molecule has 0 fully saturated rings. The molecule has 0 heterocycles. The molecule has 0 spiro atoms. The first kappa shape index (κ1) is 13.8. The lowest BCUT2D eigenvalue weighted by Crippen LogP contribution is -2.02. The number of rotatable bonds is 3. The van der Waals surface area contributed by atoms with E-state index in [-0.39, 0.29) is 5.56 Å². The number of hydrogen-bond acceptors (Lipinski definition) is 3. The summed E-state index contributed by atoms with van der Waals surface area (Å²) in [5.74, 6) is -1.31. The summed E-state index contributed by atoms with van der Waals surface area (Å²) < 4.78 is 0. The molecule has 5 heteroatoms. The van der Waals surface area contributed by atoms with Crippen LogP contribution in [0.15, 0.2) is 60.7 Å². The molecule has 22 heavy (non-hydrogen) atoms. The molecule has 0 saturated carbocycles. The van der Waals surface area contributed by atoms with Crippen LogP contribution in [0.4, 0.5) is 5.69 Å². The van der Waals surface area contributed by atoms with Gasteiger partial charge in [0.15, 0.2) is 0 Å². The Hall–Kier alpha value is -3.21. The van der Waals surface area contributed by atoms with E-state index in [9.17, 15) is 14.9 Å². The normalized spacial score (nSPS) is 10.5. The Kier molecular flexibility index (Phi) is 3.31. The van der Waals surface area contributed by atoms with Crippen molar-refractivity contribution in [1.29, 1.82) is 0 Å². The molecule has 1 N–H and O–H groups in total. The molecule has 0 atom stereocenters. The minimum absolute atomic E-state index is 0.311. The van der Waals surface area contributed by atoms with Crippen LogP contribution in [0.3, 0.4) is 0 Å². The van der Waals surface area contributed by atoms with Crippen LogP contribution in [0, 0.1) is 10.1 Å². The zero-order valence-corrected chi connectivity index (χ0v) is 11.4. The van der Waals surface area contributed by atoms with Crippen molar-refractivity contribution in [3.05, 3.63) is 76.3 Å². The number of hydrogen-bond donors (Lipinski definition) is 1. The molecule has 108 valence electrons. The maximum Gasteiger partial charge on any atom is 0.342 e. The van der Waals surface area contributed by atoms with Gasteiger partial charge in [-0.3, -0.25) is 10.1 Å². The smallest absolute Gasteiger partial charge is 0.342 e. The Labute approximate surface area is 125 Å². The first-order valence-corrected chi connectivity index (χ1v) is 6.57. The molecule has 5 nitrogen and oxygen atoms in total. The molecule has 0 amide bonds.